The van der Waals surface area contributed by atoms with Crippen LogP contribution in [0.3, 0.4) is 0 Å². The van der Waals surface area contributed by atoms with Crippen LogP contribution in [0.1, 0.15) is 35.0 Å². The van der Waals surface area contributed by atoms with Gasteiger partial charge in [0.2, 0.25) is 0 Å². The zero-order valence-electron chi connectivity index (χ0n) is 8.84. The molecule has 0 fully saturated rings. The highest BCUT2D eigenvalue weighted by molar-refractivity contribution is 14.1. The lowest BCUT2D eigenvalue weighted by Crippen LogP contribution is -2.14. The van der Waals surface area contributed by atoms with Crippen molar-refractivity contribution < 1.29 is 18.3 Å². The first-order valence-corrected chi connectivity index (χ1v) is 6.91. The molecule has 0 saturated heterocycles. The summed E-state index contributed by atoms with van der Waals surface area (Å²) in [7, 11) is 0. The molecule has 0 bridgehead atoms. The Morgan fingerprint density at radius 3 is 2.76 bits per heavy atom. The van der Waals surface area contributed by atoms with Gasteiger partial charge in [0.25, 0.3) is 6.43 Å². The second-order valence-corrected chi connectivity index (χ2v) is 4.72. The second-order valence-electron chi connectivity index (χ2n) is 3.00. The number of alkyl halides is 3. The molecule has 0 aliphatic heterocycles. The van der Waals surface area contributed by atoms with Crippen LogP contribution in [0.5, 0.6) is 0 Å². The maximum Gasteiger partial charge on any atom is 0.340 e. The van der Waals surface area contributed by atoms with Gasteiger partial charge in [-0.05, 0) is 29.5 Å². The second kappa shape index (κ2) is 6.58. The summed E-state index contributed by atoms with van der Waals surface area (Å²) in [6.45, 7) is 1.75. The summed E-state index contributed by atoms with van der Waals surface area (Å²) in [5.41, 5.74) is -0.182. The number of carbonyl (C=O) groups excluding carboxylic acids is 1. The highest BCUT2D eigenvalue weighted by Crippen LogP contribution is 2.30. The minimum absolute atomic E-state index is 0.134. The van der Waals surface area contributed by atoms with E-state index in [4.69, 9.17) is 4.74 Å². The molecule has 3 nitrogen and oxygen atoms in total. The van der Waals surface area contributed by atoms with E-state index >= 15 is 0 Å². The minimum Gasteiger partial charge on any atom is -0.462 e. The fraction of sp³-hybridized carbons (Fsp3) is 0.400. The summed E-state index contributed by atoms with van der Waals surface area (Å²) >= 11 is 4.85. The largest absolute Gasteiger partial charge is 0.462 e. The summed E-state index contributed by atoms with van der Waals surface area (Å²) in [6, 6.07) is 0. The average Bonchev–Trinajstić information content (AvgIpc) is 2.28. The van der Waals surface area contributed by atoms with Gasteiger partial charge in [-0.1, -0.05) is 15.9 Å². The molecule has 0 unspecified atom stereocenters. The third-order valence-electron chi connectivity index (χ3n) is 1.97. The van der Waals surface area contributed by atoms with Gasteiger partial charge in [-0.25, -0.2) is 13.6 Å². The Hall–Kier alpha value is -0.310. The predicted molar refractivity (Wildman–Crippen MR) is 70.5 cm³/mol. The van der Waals surface area contributed by atoms with Gasteiger partial charge in [0, 0.05) is 20.7 Å². The van der Waals surface area contributed by atoms with Crippen LogP contribution in [0.25, 0.3) is 0 Å². The van der Waals surface area contributed by atoms with Gasteiger partial charge in [0.15, 0.2) is 0 Å². The van der Waals surface area contributed by atoms with Crippen molar-refractivity contribution in [2.24, 2.45) is 0 Å². The standard InChI is InChI=1S/C10H9BrF2INO2/c1-2-17-10(16)8-6(3-11)15-4-5(14)7(8)9(12)13/h4,9H,2-3H2,1H3. The average molecular weight is 420 g/mol. The number of nitrogens with zero attached hydrogens (tertiary/aromatic N) is 1. The molecule has 0 aromatic carbocycles. The Morgan fingerprint density at radius 1 is 1.65 bits per heavy atom. The smallest absolute Gasteiger partial charge is 0.340 e. The third-order valence-corrected chi connectivity index (χ3v) is 3.36. The Labute approximate surface area is 119 Å². The Morgan fingerprint density at radius 2 is 2.29 bits per heavy atom. The first-order valence-electron chi connectivity index (χ1n) is 4.71. The Balaban J connectivity index is 3.40. The monoisotopic (exact) mass is 419 g/mol. The van der Waals surface area contributed by atoms with Gasteiger partial charge < -0.3 is 4.74 Å². The van der Waals surface area contributed by atoms with Gasteiger partial charge in [0.1, 0.15) is 0 Å². The van der Waals surface area contributed by atoms with Gasteiger partial charge in [-0.15, -0.1) is 0 Å². The van der Waals surface area contributed by atoms with Gasteiger partial charge in [-0.3, -0.25) is 4.98 Å². The molecule has 7 heteroatoms. The summed E-state index contributed by atoms with van der Waals surface area (Å²) in [5, 5.41) is 0.220. The lowest BCUT2D eigenvalue weighted by molar-refractivity contribution is 0.0513. The van der Waals surface area contributed by atoms with E-state index in [0.717, 1.165) is 0 Å². The maximum absolute atomic E-state index is 12.9. The number of carbonyl (C=O) groups is 1. The SMILES string of the molecule is CCOC(=O)c1c(CBr)ncc(I)c1C(F)F. The van der Waals surface area contributed by atoms with Crippen LogP contribution in [0, 0.1) is 3.57 Å². The molecular formula is C10H9BrF2INO2. The van der Waals surface area contributed by atoms with Crippen molar-refractivity contribution in [1.29, 1.82) is 0 Å². The molecule has 0 aliphatic carbocycles. The van der Waals surface area contributed by atoms with Crippen molar-refractivity contribution in [1.82, 2.24) is 4.98 Å². The van der Waals surface area contributed by atoms with E-state index in [1.165, 1.54) is 6.20 Å². The van der Waals surface area contributed by atoms with E-state index in [1.54, 1.807) is 29.5 Å². The van der Waals surface area contributed by atoms with Crippen molar-refractivity contribution in [3.05, 3.63) is 26.6 Å². The Bertz CT molecular complexity index is 429. The van der Waals surface area contributed by atoms with Crippen molar-refractivity contribution in [3.63, 3.8) is 0 Å². The molecule has 1 rings (SSSR count). The van der Waals surface area contributed by atoms with E-state index in [-0.39, 0.29) is 32.3 Å². The summed E-state index contributed by atoms with van der Waals surface area (Å²) < 4.78 is 30.9. The highest BCUT2D eigenvalue weighted by atomic mass is 127. The molecule has 0 spiro atoms. The fourth-order valence-electron chi connectivity index (χ4n) is 1.29. The molecule has 17 heavy (non-hydrogen) atoms. The highest BCUT2D eigenvalue weighted by Gasteiger charge is 2.26. The summed E-state index contributed by atoms with van der Waals surface area (Å²) in [5.74, 6) is -0.761. The predicted octanol–water partition coefficient (Wildman–Crippen LogP) is 3.70. The molecule has 1 heterocycles. The summed E-state index contributed by atoms with van der Waals surface area (Å²) in [6.07, 6.45) is -1.41. The number of halogens is 4. The molecule has 1 aromatic heterocycles. The quantitative estimate of drug-likeness (QED) is 0.424. The van der Waals surface area contributed by atoms with E-state index < -0.39 is 12.4 Å². The van der Waals surface area contributed by atoms with E-state index in [2.05, 4.69) is 20.9 Å². The van der Waals surface area contributed by atoms with Crippen LogP contribution in [0.15, 0.2) is 6.20 Å². The zero-order chi connectivity index (χ0) is 13.0. The number of esters is 1. The first-order chi connectivity index (χ1) is 8.02. The van der Waals surface area contributed by atoms with Crippen LogP contribution >= 0.6 is 38.5 Å². The molecule has 0 aliphatic rings. The third kappa shape index (κ3) is 3.34. The molecule has 0 N–H and O–H groups in total. The first kappa shape index (κ1) is 14.7. The molecule has 0 radical (unpaired) electrons. The molecule has 0 amide bonds. The summed E-state index contributed by atoms with van der Waals surface area (Å²) in [4.78, 5) is 15.6. The normalized spacial score (nSPS) is 10.7. The van der Waals surface area contributed by atoms with Gasteiger partial charge >= 0.3 is 5.97 Å². The lowest BCUT2D eigenvalue weighted by Gasteiger charge is -2.12. The number of ether oxygens (including phenoxy) is 1. The van der Waals surface area contributed by atoms with E-state index in [9.17, 15) is 13.6 Å². The van der Waals surface area contributed by atoms with Crippen LogP contribution < -0.4 is 0 Å². The minimum atomic E-state index is -2.73. The maximum atomic E-state index is 12.9. The molecule has 1 aromatic rings. The van der Waals surface area contributed by atoms with Crippen LogP contribution in [-0.4, -0.2) is 17.6 Å². The topological polar surface area (TPSA) is 39.2 Å². The number of hydrogen-bond donors (Lipinski definition) is 0. The van der Waals surface area contributed by atoms with E-state index in [0.29, 0.717) is 0 Å². The van der Waals surface area contributed by atoms with E-state index in [1.807, 2.05) is 0 Å². The van der Waals surface area contributed by atoms with Crippen LogP contribution in [-0.2, 0) is 10.1 Å². The number of rotatable bonds is 4. The number of hydrogen-bond acceptors (Lipinski definition) is 3. The van der Waals surface area contributed by atoms with Crippen molar-refractivity contribution in [2.45, 2.75) is 18.7 Å². The van der Waals surface area contributed by atoms with Gasteiger partial charge in [0.05, 0.1) is 17.9 Å². The lowest BCUT2D eigenvalue weighted by atomic mass is 10.1. The molecular weight excluding hydrogens is 411 g/mol. The van der Waals surface area contributed by atoms with Crippen LogP contribution in [0.2, 0.25) is 0 Å². The van der Waals surface area contributed by atoms with Crippen LogP contribution in [0.4, 0.5) is 8.78 Å². The Kier molecular flexibility index (Phi) is 5.71. The molecule has 0 saturated carbocycles. The van der Waals surface area contributed by atoms with Crippen molar-refractivity contribution in [3.8, 4) is 0 Å². The molecule has 0 atom stereocenters. The number of aromatic nitrogens is 1. The fourth-order valence-corrected chi connectivity index (χ4v) is 2.36. The van der Waals surface area contributed by atoms with Crippen molar-refractivity contribution >= 4 is 44.5 Å². The number of pyridine rings is 1. The zero-order valence-corrected chi connectivity index (χ0v) is 12.6. The van der Waals surface area contributed by atoms with Crippen molar-refractivity contribution in [2.75, 3.05) is 6.61 Å². The van der Waals surface area contributed by atoms with Gasteiger partial charge in [-0.2, -0.15) is 0 Å². The molecule has 94 valence electrons.